The maximum atomic E-state index is 12.2. The Morgan fingerprint density at radius 1 is 1.18 bits per heavy atom. The number of nitrogens with one attached hydrogen (secondary N) is 1. The molecule has 1 aliphatic carbocycles. The van der Waals surface area contributed by atoms with Crippen LogP contribution in [0.1, 0.15) is 44.2 Å². The van der Waals surface area contributed by atoms with Crippen molar-refractivity contribution in [2.75, 3.05) is 25.0 Å². The van der Waals surface area contributed by atoms with E-state index in [0.29, 0.717) is 6.42 Å². The van der Waals surface area contributed by atoms with Crippen LogP contribution in [0.15, 0.2) is 18.2 Å². The molecule has 2 aliphatic rings. The first-order valence-electron chi connectivity index (χ1n) is 8.74. The van der Waals surface area contributed by atoms with E-state index in [2.05, 4.69) is 36.2 Å². The number of benzene rings is 1. The molecular weight excluding hydrogens is 272 g/mol. The minimum absolute atomic E-state index is 0.142. The second-order valence-electron chi connectivity index (χ2n) is 7.34. The summed E-state index contributed by atoms with van der Waals surface area (Å²) < 4.78 is 0. The van der Waals surface area contributed by atoms with Crippen molar-refractivity contribution in [3.05, 3.63) is 29.3 Å². The molecule has 120 valence electrons. The van der Waals surface area contributed by atoms with Gasteiger partial charge in [0.15, 0.2) is 0 Å². The highest BCUT2D eigenvalue weighted by molar-refractivity contribution is 5.91. The van der Waals surface area contributed by atoms with E-state index in [-0.39, 0.29) is 5.91 Å². The predicted octanol–water partition coefficient (Wildman–Crippen LogP) is 3.48. The van der Waals surface area contributed by atoms with Crippen molar-refractivity contribution in [3.63, 3.8) is 0 Å². The zero-order chi connectivity index (χ0) is 15.5. The van der Waals surface area contributed by atoms with Gasteiger partial charge in [0.1, 0.15) is 0 Å². The van der Waals surface area contributed by atoms with Crippen LogP contribution in [0.2, 0.25) is 0 Å². The number of fused-ring (bicyclic) bond motifs is 1. The largest absolute Gasteiger partial charge is 0.326 e. The summed E-state index contributed by atoms with van der Waals surface area (Å²) in [5.74, 6) is 1.65. The average molecular weight is 300 g/mol. The van der Waals surface area contributed by atoms with Gasteiger partial charge in [0.25, 0.3) is 0 Å². The number of nitrogens with zero attached hydrogens (tertiary/aromatic N) is 1. The predicted molar refractivity (Wildman–Crippen MR) is 91.1 cm³/mol. The molecular formula is C19H28N2O. The fourth-order valence-electron chi connectivity index (χ4n) is 4.11. The molecule has 0 spiro atoms. The van der Waals surface area contributed by atoms with Gasteiger partial charge in [-0.25, -0.2) is 0 Å². The highest BCUT2D eigenvalue weighted by Crippen LogP contribution is 2.25. The van der Waals surface area contributed by atoms with Crippen molar-refractivity contribution in [1.82, 2.24) is 4.90 Å². The van der Waals surface area contributed by atoms with E-state index in [9.17, 15) is 4.79 Å². The first-order valence-corrected chi connectivity index (χ1v) is 8.74. The smallest absolute Gasteiger partial charge is 0.225 e. The molecule has 2 atom stereocenters. The maximum absolute atomic E-state index is 12.2. The van der Waals surface area contributed by atoms with Crippen molar-refractivity contribution >= 4 is 11.6 Å². The molecule has 0 saturated carbocycles. The van der Waals surface area contributed by atoms with Gasteiger partial charge in [0, 0.05) is 31.7 Å². The Labute approximate surface area is 134 Å². The first-order chi connectivity index (χ1) is 10.6. The van der Waals surface area contributed by atoms with Crippen LogP contribution < -0.4 is 5.32 Å². The monoisotopic (exact) mass is 300 g/mol. The standard InChI is InChI=1S/C19H28N2O/c1-14-10-15(2)13-21(12-14)9-8-19(22)20-18-7-6-16-4-3-5-17(16)11-18/h6-7,11,14-15H,3-5,8-10,12-13H2,1-2H3,(H,20,22)/t14-,15-/m1/s1. The fourth-order valence-corrected chi connectivity index (χ4v) is 4.11. The van der Waals surface area contributed by atoms with Crippen LogP contribution in [0.5, 0.6) is 0 Å². The van der Waals surface area contributed by atoms with Crippen LogP contribution in [0.3, 0.4) is 0 Å². The van der Waals surface area contributed by atoms with E-state index in [1.807, 2.05) is 6.07 Å². The zero-order valence-corrected chi connectivity index (χ0v) is 13.9. The van der Waals surface area contributed by atoms with Crippen LogP contribution in [0, 0.1) is 11.8 Å². The molecule has 1 saturated heterocycles. The van der Waals surface area contributed by atoms with Crippen molar-refractivity contribution in [1.29, 1.82) is 0 Å². The van der Waals surface area contributed by atoms with Crippen LogP contribution in [0.4, 0.5) is 5.69 Å². The maximum Gasteiger partial charge on any atom is 0.225 e. The van der Waals surface area contributed by atoms with Gasteiger partial charge in [-0.15, -0.1) is 0 Å². The van der Waals surface area contributed by atoms with Gasteiger partial charge in [0.2, 0.25) is 5.91 Å². The van der Waals surface area contributed by atoms with E-state index < -0.39 is 0 Å². The van der Waals surface area contributed by atoms with E-state index in [0.717, 1.165) is 43.6 Å². The third kappa shape index (κ3) is 3.89. The molecule has 1 aliphatic heterocycles. The van der Waals surface area contributed by atoms with Crippen LogP contribution in [-0.4, -0.2) is 30.4 Å². The Kier molecular flexibility index (Phi) is 4.82. The molecule has 1 amide bonds. The number of amides is 1. The van der Waals surface area contributed by atoms with Crippen molar-refractivity contribution in [3.8, 4) is 0 Å². The minimum Gasteiger partial charge on any atom is -0.326 e. The van der Waals surface area contributed by atoms with Crippen molar-refractivity contribution in [2.45, 2.75) is 46.0 Å². The van der Waals surface area contributed by atoms with Crippen LogP contribution >= 0.6 is 0 Å². The SMILES string of the molecule is C[C@@H]1C[C@@H](C)CN(CCC(=O)Nc2ccc3c(c2)CCC3)C1. The van der Waals surface area contributed by atoms with Gasteiger partial charge in [-0.05, 0) is 60.8 Å². The van der Waals surface area contributed by atoms with Gasteiger partial charge in [-0.2, -0.15) is 0 Å². The number of anilines is 1. The molecule has 3 rings (SSSR count). The molecule has 1 N–H and O–H groups in total. The lowest BCUT2D eigenvalue weighted by molar-refractivity contribution is -0.116. The third-order valence-electron chi connectivity index (χ3n) is 4.98. The molecule has 0 unspecified atom stereocenters. The van der Waals surface area contributed by atoms with Gasteiger partial charge >= 0.3 is 0 Å². The summed E-state index contributed by atoms with van der Waals surface area (Å²) in [4.78, 5) is 14.6. The number of likely N-dealkylation sites (tertiary alicyclic amines) is 1. The van der Waals surface area contributed by atoms with E-state index >= 15 is 0 Å². The number of carbonyl (C=O) groups excluding carboxylic acids is 1. The lowest BCUT2D eigenvalue weighted by Gasteiger charge is -2.34. The Balaban J connectivity index is 1.48. The Bertz CT molecular complexity index is 530. The Morgan fingerprint density at radius 3 is 2.68 bits per heavy atom. The molecule has 22 heavy (non-hydrogen) atoms. The quantitative estimate of drug-likeness (QED) is 0.923. The second-order valence-corrected chi connectivity index (χ2v) is 7.34. The normalized spacial score (nSPS) is 25.0. The van der Waals surface area contributed by atoms with E-state index in [1.165, 1.54) is 30.4 Å². The molecule has 0 aromatic heterocycles. The summed E-state index contributed by atoms with van der Waals surface area (Å²) in [6.07, 6.45) is 5.50. The second kappa shape index (κ2) is 6.82. The molecule has 0 radical (unpaired) electrons. The topological polar surface area (TPSA) is 32.3 Å². The van der Waals surface area contributed by atoms with Crippen LogP contribution in [-0.2, 0) is 17.6 Å². The number of aryl methyl sites for hydroxylation is 2. The fraction of sp³-hybridized carbons (Fsp3) is 0.632. The summed E-state index contributed by atoms with van der Waals surface area (Å²) in [7, 11) is 0. The highest BCUT2D eigenvalue weighted by Gasteiger charge is 2.22. The van der Waals surface area contributed by atoms with Gasteiger partial charge in [0.05, 0.1) is 0 Å². The molecule has 3 heteroatoms. The zero-order valence-electron chi connectivity index (χ0n) is 13.9. The van der Waals surface area contributed by atoms with Gasteiger partial charge in [-0.1, -0.05) is 19.9 Å². The third-order valence-corrected chi connectivity index (χ3v) is 4.98. The number of piperidine rings is 1. The van der Waals surface area contributed by atoms with Crippen LogP contribution in [0.25, 0.3) is 0 Å². The van der Waals surface area contributed by atoms with E-state index in [1.54, 1.807) is 0 Å². The first kappa shape index (κ1) is 15.5. The molecule has 0 bridgehead atoms. The summed E-state index contributed by atoms with van der Waals surface area (Å²) in [5.41, 5.74) is 3.83. The number of rotatable bonds is 4. The molecule has 1 aromatic rings. The number of hydrogen-bond acceptors (Lipinski definition) is 2. The lowest BCUT2D eigenvalue weighted by atomic mass is 9.92. The summed E-state index contributed by atoms with van der Waals surface area (Å²) in [6.45, 7) is 7.78. The average Bonchev–Trinajstić information content (AvgIpc) is 2.92. The molecule has 3 nitrogen and oxygen atoms in total. The van der Waals surface area contributed by atoms with Gasteiger partial charge in [-0.3, -0.25) is 4.79 Å². The summed E-state index contributed by atoms with van der Waals surface area (Å²) in [6, 6.07) is 6.38. The summed E-state index contributed by atoms with van der Waals surface area (Å²) in [5, 5.41) is 3.07. The van der Waals surface area contributed by atoms with Crippen molar-refractivity contribution in [2.24, 2.45) is 11.8 Å². The number of hydrogen-bond donors (Lipinski definition) is 1. The van der Waals surface area contributed by atoms with Gasteiger partial charge < -0.3 is 10.2 Å². The molecule has 1 heterocycles. The summed E-state index contributed by atoms with van der Waals surface area (Å²) >= 11 is 0. The molecule has 1 fully saturated rings. The highest BCUT2D eigenvalue weighted by atomic mass is 16.1. The number of carbonyl (C=O) groups is 1. The van der Waals surface area contributed by atoms with E-state index in [4.69, 9.17) is 0 Å². The Morgan fingerprint density at radius 2 is 1.91 bits per heavy atom. The lowest BCUT2D eigenvalue weighted by Crippen LogP contribution is -2.40. The Hall–Kier alpha value is -1.35. The van der Waals surface area contributed by atoms with Crippen molar-refractivity contribution < 1.29 is 4.79 Å². The minimum atomic E-state index is 0.142. The molecule has 1 aromatic carbocycles.